The maximum absolute atomic E-state index is 12.7. The molecule has 33 heavy (non-hydrogen) atoms. The van der Waals surface area contributed by atoms with Crippen molar-refractivity contribution in [2.45, 2.75) is 25.2 Å². The molecule has 0 spiro atoms. The van der Waals surface area contributed by atoms with Crippen LogP contribution in [-0.4, -0.2) is 26.8 Å². The summed E-state index contributed by atoms with van der Waals surface area (Å²) >= 11 is 0. The van der Waals surface area contributed by atoms with E-state index >= 15 is 0 Å². The molecule has 1 unspecified atom stereocenters. The zero-order valence-electron chi connectivity index (χ0n) is 18.4. The molecule has 1 saturated heterocycles. The normalized spacial score (nSPS) is 16.0. The summed E-state index contributed by atoms with van der Waals surface area (Å²) in [4.78, 5) is 26.9. The Hall–Kier alpha value is -3.65. The van der Waals surface area contributed by atoms with Gasteiger partial charge in [-0.25, -0.2) is 8.42 Å². The van der Waals surface area contributed by atoms with E-state index in [1.165, 1.54) is 0 Å². The predicted molar refractivity (Wildman–Crippen MR) is 129 cm³/mol. The number of hydrogen-bond acceptors (Lipinski definition) is 4. The fraction of sp³-hybridized carbons (Fsp3) is 0.200. The van der Waals surface area contributed by atoms with Gasteiger partial charge < -0.3 is 10.2 Å². The fourth-order valence-corrected chi connectivity index (χ4v) is 4.71. The molecular formula is C25H25N3O4S. The van der Waals surface area contributed by atoms with E-state index in [0.717, 1.165) is 16.8 Å². The number of sulfonamides is 1. The van der Waals surface area contributed by atoms with Crippen LogP contribution < -0.4 is 14.9 Å². The summed E-state index contributed by atoms with van der Waals surface area (Å²) in [6.45, 7) is 4.19. The van der Waals surface area contributed by atoms with E-state index in [1.54, 1.807) is 53.4 Å². The number of benzene rings is 3. The van der Waals surface area contributed by atoms with Crippen LogP contribution >= 0.6 is 0 Å². The standard InChI is InChI=1S/C25H25N3O4S/c1-17-3-11-22(12-4-17)28-16-19(15-24(28)29)25(30)26-20-7-9-21(10-8-20)27-33(31,32)23-13-5-18(2)6-14-23/h3-14,19,27H,15-16H2,1-2H3,(H,26,30). The number of aryl methyl sites for hydroxylation is 2. The summed E-state index contributed by atoms with van der Waals surface area (Å²) in [5, 5.41) is 2.82. The minimum Gasteiger partial charge on any atom is -0.326 e. The molecule has 3 aromatic rings. The molecule has 1 atom stereocenters. The topological polar surface area (TPSA) is 95.6 Å². The number of hydrogen-bond donors (Lipinski definition) is 2. The van der Waals surface area contributed by atoms with Gasteiger partial charge in [0.2, 0.25) is 11.8 Å². The second-order valence-corrected chi connectivity index (χ2v) is 9.91. The molecule has 7 nitrogen and oxygen atoms in total. The van der Waals surface area contributed by atoms with Gasteiger partial charge in [0.1, 0.15) is 0 Å². The summed E-state index contributed by atoms with van der Waals surface area (Å²) in [6, 6.07) is 20.6. The highest BCUT2D eigenvalue weighted by Crippen LogP contribution is 2.27. The minimum atomic E-state index is -3.70. The van der Waals surface area contributed by atoms with Crippen LogP contribution in [-0.2, 0) is 19.6 Å². The molecule has 0 aliphatic carbocycles. The van der Waals surface area contributed by atoms with Crippen LogP contribution in [0, 0.1) is 19.8 Å². The van der Waals surface area contributed by atoms with Gasteiger partial charge in [-0.3, -0.25) is 14.3 Å². The summed E-state index contributed by atoms with van der Waals surface area (Å²) in [6.07, 6.45) is 0.147. The Morgan fingerprint density at radius 1 is 0.848 bits per heavy atom. The van der Waals surface area contributed by atoms with Gasteiger partial charge in [0.25, 0.3) is 10.0 Å². The lowest BCUT2D eigenvalue weighted by atomic mass is 10.1. The Balaban J connectivity index is 1.38. The molecule has 0 bridgehead atoms. The van der Waals surface area contributed by atoms with E-state index in [2.05, 4.69) is 10.0 Å². The molecule has 4 rings (SSSR count). The Morgan fingerprint density at radius 3 is 2.00 bits per heavy atom. The first-order valence-corrected chi connectivity index (χ1v) is 12.1. The zero-order valence-corrected chi connectivity index (χ0v) is 19.2. The lowest BCUT2D eigenvalue weighted by molar-refractivity contribution is -0.122. The van der Waals surface area contributed by atoms with Crippen LogP contribution in [0.2, 0.25) is 0 Å². The van der Waals surface area contributed by atoms with E-state index in [-0.39, 0.29) is 23.1 Å². The second-order valence-electron chi connectivity index (χ2n) is 8.23. The first kappa shape index (κ1) is 22.5. The van der Waals surface area contributed by atoms with Crippen LogP contribution in [0.3, 0.4) is 0 Å². The van der Waals surface area contributed by atoms with Gasteiger partial charge in [0.05, 0.1) is 10.8 Å². The molecule has 0 saturated carbocycles. The highest BCUT2D eigenvalue weighted by atomic mass is 32.2. The third-order valence-electron chi connectivity index (χ3n) is 5.58. The van der Waals surface area contributed by atoms with Crippen molar-refractivity contribution in [2.75, 3.05) is 21.5 Å². The van der Waals surface area contributed by atoms with Gasteiger partial charge >= 0.3 is 0 Å². The third kappa shape index (κ3) is 5.23. The third-order valence-corrected chi connectivity index (χ3v) is 6.97. The Labute approximate surface area is 193 Å². The first-order valence-electron chi connectivity index (χ1n) is 10.6. The molecule has 3 aromatic carbocycles. The van der Waals surface area contributed by atoms with Crippen molar-refractivity contribution >= 4 is 38.9 Å². The van der Waals surface area contributed by atoms with Crippen molar-refractivity contribution in [2.24, 2.45) is 5.92 Å². The van der Waals surface area contributed by atoms with E-state index in [4.69, 9.17) is 0 Å². The van der Waals surface area contributed by atoms with Crippen molar-refractivity contribution in [3.05, 3.63) is 83.9 Å². The van der Waals surface area contributed by atoms with Crippen LogP contribution in [0.15, 0.2) is 77.7 Å². The molecule has 1 aliphatic heterocycles. The highest BCUT2D eigenvalue weighted by molar-refractivity contribution is 7.92. The molecular weight excluding hydrogens is 438 g/mol. The summed E-state index contributed by atoms with van der Waals surface area (Å²) in [5.41, 5.74) is 3.77. The molecule has 1 aliphatic rings. The molecule has 1 heterocycles. The monoisotopic (exact) mass is 463 g/mol. The molecule has 0 radical (unpaired) electrons. The van der Waals surface area contributed by atoms with E-state index < -0.39 is 15.9 Å². The van der Waals surface area contributed by atoms with Crippen molar-refractivity contribution in [1.82, 2.24) is 0 Å². The second kappa shape index (κ2) is 9.07. The Morgan fingerprint density at radius 2 is 1.39 bits per heavy atom. The van der Waals surface area contributed by atoms with Crippen LogP contribution in [0.25, 0.3) is 0 Å². The number of carbonyl (C=O) groups is 2. The van der Waals surface area contributed by atoms with Crippen molar-refractivity contribution in [3.63, 3.8) is 0 Å². The first-order chi connectivity index (χ1) is 15.7. The molecule has 8 heteroatoms. The van der Waals surface area contributed by atoms with Crippen LogP contribution in [0.1, 0.15) is 17.5 Å². The molecule has 2 N–H and O–H groups in total. The number of amides is 2. The lowest BCUT2D eigenvalue weighted by Gasteiger charge is -2.17. The zero-order chi connectivity index (χ0) is 23.6. The molecule has 0 aromatic heterocycles. The van der Waals surface area contributed by atoms with Crippen molar-refractivity contribution in [3.8, 4) is 0 Å². The van der Waals surface area contributed by atoms with Gasteiger partial charge in [0, 0.05) is 30.0 Å². The summed E-state index contributed by atoms with van der Waals surface area (Å²) < 4.78 is 27.6. The maximum Gasteiger partial charge on any atom is 0.261 e. The molecule has 2 amide bonds. The lowest BCUT2D eigenvalue weighted by Crippen LogP contribution is -2.28. The molecule has 170 valence electrons. The average Bonchev–Trinajstić information content (AvgIpc) is 3.17. The minimum absolute atomic E-state index is 0.0835. The van der Waals surface area contributed by atoms with Gasteiger partial charge in [-0.15, -0.1) is 0 Å². The fourth-order valence-electron chi connectivity index (χ4n) is 3.65. The predicted octanol–water partition coefficient (Wildman–Crippen LogP) is 4.10. The van der Waals surface area contributed by atoms with Gasteiger partial charge in [-0.05, 0) is 62.4 Å². The SMILES string of the molecule is Cc1ccc(N2CC(C(=O)Nc3ccc(NS(=O)(=O)c4ccc(C)cc4)cc3)CC2=O)cc1. The number of nitrogens with one attached hydrogen (secondary N) is 2. The number of carbonyl (C=O) groups excluding carboxylic acids is 2. The van der Waals surface area contributed by atoms with E-state index in [1.807, 2.05) is 38.1 Å². The number of rotatable bonds is 6. The van der Waals surface area contributed by atoms with Crippen molar-refractivity contribution < 1.29 is 18.0 Å². The Kier molecular flexibility index (Phi) is 6.20. The van der Waals surface area contributed by atoms with E-state index in [0.29, 0.717) is 17.9 Å². The highest BCUT2D eigenvalue weighted by Gasteiger charge is 2.35. The smallest absolute Gasteiger partial charge is 0.261 e. The van der Waals surface area contributed by atoms with Gasteiger partial charge in [0.15, 0.2) is 0 Å². The summed E-state index contributed by atoms with van der Waals surface area (Å²) in [7, 11) is -3.70. The quantitative estimate of drug-likeness (QED) is 0.575. The van der Waals surface area contributed by atoms with Gasteiger partial charge in [-0.1, -0.05) is 35.4 Å². The van der Waals surface area contributed by atoms with Crippen LogP contribution in [0.4, 0.5) is 17.1 Å². The largest absolute Gasteiger partial charge is 0.326 e. The van der Waals surface area contributed by atoms with Crippen LogP contribution in [0.5, 0.6) is 0 Å². The Bertz CT molecular complexity index is 1270. The van der Waals surface area contributed by atoms with Gasteiger partial charge in [-0.2, -0.15) is 0 Å². The average molecular weight is 464 g/mol. The number of anilines is 3. The molecule has 1 fully saturated rings. The van der Waals surface area contributed by atoms with Crippen molar-refractivity contribution in [1.29, 1.82) is 0 Å². The number of nitrogens with zero attached hydrogens (tertiary/aromatic N) is 1. The summed E-state index contributed by atoms with van der Waals surface area (Å²) in [5.74, 6) is -0.788. The van der Waals surface area contributed by atoms with E-state index in [9.17, 15) is 18.0 Å². The maximum atomic E-state index is 12.7.